The Kier molecular flexibility index (Phi) is 11.1. The summed E-state index contributed by atoms with van der Waals surface area (Å²) in [5, 5.41) is 1.59. The van der Waals surface area contributed by atoms with E-state index >= 15 is 0 Å². The summed E-state index contributed by atoms with van der Waals surface area (Å²) in [7, 11) is -3.78. The Morgan fingerprint density at radius 1 is 0.850 bits per heavy atom. The quantitative estimate of drug-likeness (QED) is 0.419. The Hall–Kier alpha value is -0.370. The topological polar surface area (TPSA) is 54.4 Å². The van der Waals surface area contributed by atoms with Gasteiger partial charge in [-0.2, -0.15) is 8.42 Å². The average Bonchev–Trinajstić information content (AvgIpc) is 2.41. The molecule has 8 heteroatoms. The third kappa shape index (κ3) is 14.0. The highest BCUT2D eigenvalue weighted by molar-refractivity contribution is 9.01. The predicted molar refractivity (Wildman–Crippen MR) is 91.0 cm³/mol. The second-order valence-corrected chi connectivity index (χ2v) is 8.02. The molecule has 2 aromatic carbocycles. The van der Waals surface area contributed by atoms with E-state index in [-0.39, 0.29) is 9.83 Å². The van der Waals surface area contributed by atoms with Crippen LogP contribution < -0.4 is 0 Å². The predicted octanol–water partition coefficient (Wildman–Crippen LogP) is 5.05. The van der Waals surface area contributed by atoms with Crippen LogP contribution in [0, 0.1) is 0 Å². The molecule has 0 saturated heterocycles. The van der Waals surface area contributed by atoms with E-state index in [1.807, 2.05) is 60.7 Å². The molecule has 0 saturated carbocycles. The van der Waals surface area contributed by atoms with Gasteiger partial charge < -0.3 is 0 Å². The molecule has 0 aliphatic carbocycles. The van der Waals surface area contributed by atoms with Crippen LogP contribution in [0.15, 0.2) is 60.7 Å². The molecule has 0 radical (unpaired) electrons. The first kappa shape index (κ1) is 19.6. The first-order chi connectivity index (χ1) is 9.35. The molecule has 0 spiro atoms. The molecule has 0 unspecified atom stereocenters. The number of benzene rings is 2. The third-order valence-electron chi connectivity index (χ3n) is 1.56. The van der Waals surface area contributed by atoms with E-state index in [0.717, 1.165) is 10.0 Å². The fourth-order valence-corrected chi connectivity index (χ4v) is 1.12. The first-order valence-electron chi connectivity index (χ1n) is 5.06. The molecule has 0 heterocycles. The Morgan fingerprint density at radius 3 is 1.20 bits per heavy atom. The lowest BCUT2D eigenvalue weighted by molar-refractivity contribution is 0.503. The number of hydrogen-bond acceptors (Lipinski definition) is 4. The van der Waals surface area contributed by atoms with Crippen LogP contribution in [0.5, 0.6) is 0 Å². The van der Waals surface area contributed by atoms with Gasteiger partial charge in [-0.3, -0.25) is 4.55 Å². The van der Waals surface area contributed by atoms with E-state index in [0.29, 0.717) is 0 Å². The average molecular weight is 371 g/mol. The fourth-order valence-electron chi connectivity index (χ4n) is 0.829. The van der Waals surface area contributed by atoms with Crippen molar-refractivity contribution in [3.63, 3.8) is 0 Å². The zero-order chi connectivity index (χ0) is 15.4. The number of hydrogen-bond donors (Lipinski definition) is 2. The molecule has 0 aliphatic heterocycles. The van der Waals surface area contributed by atoms with Crippen molar-refractivity contribution in [1.82, 2.24) is 0 Å². The van der Waals surface area contributed by atoms with Gasteiger partial charge in [0.15, 0.2) is 0 Å². The summed E-state index contributed by atoms with van der Waals surface area (Å²) in [4.78, 5) is 0. The molecule has 2 rings (SSSR count). The van der Waals surface area contributed by atoms with Crippen LogP contribution in [0.4, 0.5) is 0 Å². The lowest BCUT2D eigenvalue weighted by atomic mass is 10.4. The summed E-state index contributed by atoms with van der Waals surface area (Å²) in [6.45, 7) is 0. The molecule has 0 fully saturated rings. The third-order valence-corrected chi connectivity index (χ3v) is 4.51. The van der Waals surface area contributed by atoms with Crippen molar-refractivity contribution in [3.05, 3.63) is 70.7 Å². The molecule has 110 valence electrons. The van der Waals surface area contributed by atoms with Gasteiger partial charge in [0.2, 0.25) is 0 Å². The Bertz CT molecular complexity index is 526. The highest BCUT2D eigenvalue weighted by atomic mass is 35.5. The van der Waals surface area contributed by atoms with Gasteiger partial charge in [-0.1, -0.05) is 71.3 Å². The van der Waals surface area contributed by atoms with Crippen LogP contribution in [0.25, 0.3) is 0 Å². The second-order valence-electron chi connectivity index (χ2n) is 3.09. The van der Waals surface area contributed by atoms with E-state index in [9.17, 15) is 8.42 Å². The molecule has 0 aromatic heterocycles. The van der Waals surface area contributed by atoms with Gasteiger partial charge in [0.05, 0.1) is 9.83 Å². The highest BCUT2D eigenvalue weighted by Crippen LogP contribution is 2.11. The van der Waals surface area contributed by atoms with Crippen LogP contribution in [-0.2, 0) is 9.15 Å². The molecular formula is C12H12Cl2O3S3. The molecule has 20 heavy (non-hydrogen) atoms. The van der Waals surface area contributed by atoms with Crippen LogP contribution in [0.2, 0.25) is 10.0 Å². The van der Waals surface area contributed by atoms with E-state index in [1.165, 1.54) is 0 Å². The number of halogens is 2. The number of thiol groups is 1. The summed E-state index contributed by atoms with van der Waals surface area (Å²) in [5.41, 5.74) is 0. The van der Waals surface area contributed by atoms with Crippen molar-refractivity contribution in [1.29, 1.82) is 0 Å². The lowest BCUT2D eigenvalue weighted by Crippen LogP contribution is -1.82. The van der Waals surface area contributed by atoms with Crippen LogP contribution in [-0.4, -0.2) is 13.0 Å². The zero-order valence-corrected chi connectivity index (χ0v) is 14.1. The Morgan fingerprint density at radius 2 is 1.10 bits per heavy atom. The maximum Gasteiger partial charge on any atom is 0.329 e. The van der Waals surface area contributed by atoms with E-state index < -0.39 is 9.15 Å². The SMILES string of the molecule is Clc1ccccc1.Clc1ccccc1.O=S(=O)(O)SS. The molecule has 0 bridgehead atoms. The molecule has 2 aromatic rings. The van der Waals surface area contributed by atoms with Crippen LogP contribution in [0.3, 0.4) is 0 Å². The standard InChI is InChI=1S/2C6H5Cl.H2O3S3/c2*7-6-4-2-1-3-5-6;1-6(2,3)5-4/h2*1-5H;4H,(H,1,2,3). The Balaban J connectivity index is 0.000000272. The lowest BCUT2D eigenvalue weighted by Gasteiger charge is -1.80. The minimum atomic E-state index is -3.88. The molecule has 0 aliphatic rings. The van der Waals surface area contributed by atoms with Gasteiger partial charge in [0.25, 0.3) is 0 Å². The zero-order valence-electron chi connectivity index (χ0n) is 10.1. The van der Waals surface area contributed by atoms with Crippen molar-refractivity contribution in [2.75, 3.05) is 0 Å². The molecular weight excluding hydrogens is 359 g/mol. The fraction of sp³-hybridized carbons (Fsp3) is 0. The van der Waals surface area contributed by atoms with Gasteiger partial charge in [-0.25, -0.2) is 0 Å². The van der Waals surface area contributed by atoms with Gasteiger partial charge in [0.1, 0.15) is 0 Å². The Labute approximate surface area is 137 Å². The normalized spacial score (nSPS) is 9.60. The van der Waals surface area contributed by atoms with E-state index in [2.05, 4.69) is 11.7 Å². The minimum absolute atomic E-state index is 0.104. The van der Waals surface area contributed by atoms with Gasteiger partial charge >= 0.3 is 9.15 Å². The summed E-state index contributed by atoms with van der Waals surface area (Å²) in [5.74, 6) is 0. The maximum absolute atomic E-state index is 9.44. The van der Waals surface area contributed by atoms with Crippen molar-refractivity contribution >= 4 is 53.8 Å². The summed E-state index contributed by atoms with van der Waals surface area (Å²) in [6, 6.07) is 18.9. The molecule has 0 atom stereocenters. The van der Waals surface area contributed by atoms with Crippen molar-refractivity contribution in [2.45, 2.75) is 0 Å². The van der Waals surface area contributed by atoms with Crippen molar-refractivity contribution in [2.24, 2.45) is 0 Å². The summed E-state index contributed by atoms with van der Waals surface area (Å²) < 4.78 is 26.6. The largest absolute Gasteiger partial charge is 0.329 e. The van der Waals surface area contributed by atoms with E-state index in [4.69, 9.17) is 27.8 Å². The highest BCUT2D eigenvalue weighted by Gasteiger charge is 1.96. The number of rotatable bonds is 1. The van der Waals surface area contributed by atoms with Crippen molar-refractivity contribution in [3.8, 4) is 0 Å². The second kappa shape index (κ2) is 11.3. The van der Waals surface area contributed by atoms with Gasteiger partial charge in [0, 0.05) is 10.0 Å². The van der Waals surface area contributed by atoms with Gasteiger partial charge in [-0.05, 0) is 24.3 Å². The molecule has 1 N–H and O–H groups in total. The smallest absolute Gasteiger partial charge is 0.277 e. The van der Waals surface area contributed by atoms with Gasteiger partial charge in [-0.15, -0.1) is 0 Å². The van der Waals surface area contributed by atoms with Crippen LogP contribution >= 0.6 is 44.7 Å². The van der Waals surface area contributed by atoms with Crippen molar-refractivity contribution < 1.29 is 13.0 Å². The first-order valence-corrected chi connectivity index (χ1v) is 9.65. The maximum atomic E-state index is 9.44. The molecule has 3 nitrogen and oxygen atoms in total. The monoisotopic (exact) mass is 370 g/mol. The summed E-state index contributed by atoms with van der Waals surface area (Å²) >= 11 is 14.3. The minimum Gasteiger partial charge on any atom is -0.277 e. The summed E-state index contributed by atoms with van der Waals surface area (Å²) in [6.07, 6.45) is 0. The van der Waals surface area contributed by atoms with E-state index in [1.54, 1.807) is 0 Å². The van der Waals surface area contributed by atoms with Crippen LogP contribution in [0.1, 0.15) is 0 Å². The molecule has 0 amide bonds.